The van der Waals surface area contributed by atoms with Crippen LogP contribution in [0.15, 0.2) is 48.5 Å². The molecule has 0 bridgehead atoms. The summed E-state index contributed by atoms with van der Waals surface area (Å²) < 4.78 is -1.65. The fourth-order valence-corrected chi connectivity index (χ4v) is 4.15. The Morgan fingerprint density at radius 2 is 1.30 bits per heavy atom. The zero-order valence-electron chi connectivity index (χ0n) is 13.7. The first-order valence-corrected chi connectivity index (χ1v) is 8.97. The number of hydrogen-bond donors (Lipinski definition) is 1. The first-order valence-electron chi connectivity index (χ1n) is 7.84. The molecule has 142 valence electrons. The molecule has 1 atom stereocenters. The highest BCUT2D eigenvalue weighted by atomic mass is 35.6. The van der Waals surface area contributed by atoms with Crippen molar-refractivity contribution in [2.24, 2.45) is 0 Å². The minimum absolute atomic E-state index is 0.0481. The summed E-state index contributed by atoms with van der Waals surface area (Å²) in [5.41, 5.74) is 1.21. The van der Waals surface area contributed by atoms with Gasteiger partial charge in [-0.25, -0.2) is 4.48 Å². The third-order valence-electron chi connectivity index (χ3n) is 4.60. The maximum Gasteiger partial charge on any atom is 0.269 e. The number of non-ortho nitro benzene ring substituents is 2. The Balaban J connectivity index is 2.17. The molecule has 27 heavy (non-hydrogen) atoms. The number of quaternary nitrogens is 1. The molecule has 1 heterocycles. The Bertz CT molecular complexity index is 811. The summed E-state index contributed by atoms with van der Waals surface area (Å²) >= 11 is 18.7. The van der Waals surface area contributed by atoms with E-state index >= 15 is 0 Å². The molecule has 0 radical (unpaired) electrons. The van der Waals surface area contributed by atoms with Gasteiger partial charge in [-0.1, -0.05) is 34.8 Å². The van der Waals surface area contributed by atoms with E-state index in [0.717, 1.165) is 0 Å². The van der Waals surface area contributed by atoms with Crippen LogP contribution in [0.2, 0.25) is 0 Å². The Morgan fingerprint density at radius 3 is 1.63 bits per heavy atom. The lowest BCUT2D eigenvalue weighted by molar-refractivity contribution is -0.385. The second-order valence-electron chi connectivity index (χ2n) is 6.04. The van der Waals surface area contributed by atoms with Crippen LogP contribution in [0.4, 0.5) is 22.7 Å². The molecule has 0 aliphatic carbocycles. The highest BCUT2D eigenvalue weighted by Gasteiger charge is 2.55. The van der Waals surface area contributed by atoms with Crippen LogP contribution in [0.5, 0.6) is 0 Å². The third kappa shape index (κ3) is 3.59. The van der Waals surface area contributed by atoms with Crippen molar-refractivity contribution < 1.29 is 9.85 Å². The molecule has 8 nitrogen and oxygen atoms in total. The molecule has 1 fully saturated rings. The van der Waals surface area contributed by atoms with Gasteiger partial charge in [0.15, 0.2) is 0 Å². The first-order chi connectivity index (χ1) is 12.7. The largest absolute Gasteiger partial charge is 0.269 e. The van der Waals surface area contributed by atoms with Gasteiger partial charge in [0.2, 0.25) is 6.17 Å². The van der Waals surface area contributed by atoms with E-state index in [-0.39, 0.29) is 15.9 Å². The molecule has 0 amide bonds. The normalized spacial score (nSPS) is 19.0. The van der Waals surface area contributed by atoms with Crippen LogP contribution in [0.3, 0.4) is 0 Å². The maximum atomic E-state index is 11.0. The summed E-state index contributed by atoms with van der Waals surface area (Å²) in [7, 11) is 0. The summed E-state index contributed by atoms with van der Waals surface area (Å²) in [5, 5.41) is 25.1. The molecule has 2 aromatic carbocycles. The molecule has 1 N–H and O–H groups in total. The van der Waals surface area contributed by atoms with Crippen LogP contribution in [0, 0.1) is 20.2 Å². The summed E-state index contributed by atoms with van der Waals surface area (Å²) in [4.78, 5) is 21.0. The minimum Gasteiger partial charge on any atom is -0.258 e. The lowest BCUT2D eigenvalue weighted by Gasteiger charge is -2.40. The molecular weight excluding hydrogens is 419 g/mol. The summed E-state index contributed by atoms with van der Waals surface area (Å²) in [6, 6.07) is 12.0. The second kappa shape index (κ2) is 7.21. The van der Waals surface area contributed by atoms with E-state index in [1.165, 1.54) is 24.3 Å². The van der Waals surface area contributed by atoms with E-state index in [4.69, 9.17) is 34.8 Å². The fraction of sp³-hybridized carbons (Fsp3) is 0.250. The number of alkyl halides is 3. The second-order valence-corrected chi connectivity index (χ2v) is 8.41. The Labute approximate surface area is 169 Å². The van der Waals surface area contributed by atoms with E-state index < -0.39 is 19.8 Å². The summed E-state index contributed by atoms with van der Waals surface area (Å²) in [5.74, 6) is 0. The van der Waals surface area contributed by atoms with Crippen LogP contribution < -0.4 is 9.80 Å². The number of rotatable bonds is 4. The Hall–Kier alpha value is -1.97. The van der Waals surface area contributed by atoms with Gasteiger partial charge in [0.1, 0.15) is 17.9 Å². The van der Waals surface area contributed by atoms with Gasteiger partial charge in [-0.2, -0.15) is 0 Å². The molecular formula is C16H14Cl3N4O4+. The number of nitro groups is 2. The lowest BCUT2D eigenvalue weighted by Crippen LogP contribution is -2.58. The van der Waals surface area contributed by atoms with Gasteiger partial charge in [-0.05, 0) is 0 Å². The quantitative estimate of drug-likeness (QED) is 0.333. The predicted molar refractivity (Wildman–Crippen MR) is 105 cm³/mol. The number of hydrogen-bond acceptors (Lipinski definition) is 5. The van der Waals surface area contributed by atoms with Crippen molar-refractivity contribution in [3.8, 4) is 0 Å². The van der Waals surface area contributed by atoms with E-state index in [9.17, 15) is 20.2 Å². The number of nitro benzene ring substituents is 2. The zero-order chi connectivity index (χ0) is 19.8. The van der Waals surface area contributed by atoms with Crippen molar-refractivity contribution in [3.63, 3.8) is 0 Å². The van der Waals surface area contributed by atoms with Crippen molar-refractivity contribution in [1.82, 2.24) is 9.80 Å². The number of nitrogens with one attached hydrogen (secondary N) is 1. The SMILES string of the molecule is O=[N+]([O-])c1ccc([N+]2(c3ccc([N+](=O)[O-])cc3)CCNC2C(Cl)(Cl)Cl)cc1. The topological polar surface area (TPSA) is 98.3 Å². The average molecular weight is 433 g/mol. The molecule has 1 aliphatic rings. The smallest absolute Gasteiger partial charge is 0.258 e. The van der Waals surface area contributed by atoms with Crippen LogP contribution in [0.25, 0.3) is 0 Å². The average Bonchev–Trinajstić information content (AvgIpc) is 3.08. The number of halogens is 3. The minimum atomic E-state index is -1.69. The predicted octanol–water partition coefficient (Wildman–Crippen LogP) is 4.44. The van der Waals surface area contributed by atoms with Crippen LogP contribution in [-0.4, -0.2) is 32.9 Å². The molecule has 0 aromatic heterocycles. The molecule has 1 unspecified atom stereocenters. The van der Waals surface area contributed by atoms with Crippen molar-refractivity contribution >= 4 is 57.6 Å². The van der Waals surface area contributed by atoms with Gasteiger partial charge in [0.05, 0.1) is 16.4 Å². The van der Waals surface area contributed by atoms with Crippen LogP contribution in [-0.2, 0) is 0 Å². The molecule has 0 saturated carbocycles. The Kier molecular flexibility index (Phi) is 5.29. The molecule has 0 spiro atoms. The van der Waals surface area contributed by atoms with Crippen molar-refractivity contribution in [2.45, 2.75) is 9.96 Å². The molecule has 1 aliphatic heterocycles. The van der Waals surface area contributed by atoms with Gasteiger partial charge in [-0.15, -0.1) is 0 Å². The Morgan fingerprint density at radius 1 is 0.889 bits per heavy atom. The molecule has 11 heteroatoms. The monoisotopic (exact) mass is 431 g/mol. The van der Waals surface area contributed by atoms with E-state index in [0.29, 0.717) is 24.5 Å². The highest BCUT2D eigenvalue weighted by Crippen LogP contribution is 2.47. The standard InChI is InChI=1S/C16H14Cl3N4O4/c17-16(18,19)15-20-9-10-23(15,13-5-1-11(2-6-13)21(24)25)14-7-3-12(4-8-14)22(26)27/h1-8,15,20H,9-10H2/q+1. The molecule has 3 rings (SSSR count). The van der Waals surface area contributed by atoms with Gasteiger partial charge in [0.25, 0.3) is 15.2 Å². The molecule has 1 saturated heterocycles. The first kappa shape index (κ1) is 19.8. The van der Waals surface area contributed by atoms with Crippen LogP contribution >= 0.6 is 34.8 Å². The van der Waals surface area contributed by atoms with Gasteiger partial charge < -0.3 is 0 Å². The number of benzene rings is 2. The fourth-order valence-electron chi connectivity index (χ4n) is 3.41. The summed E-state index contributed by atoms with van der Waals surface area (Å²) in [6.07, 6.45) is -0.689. The van der Waals surface area contributed by atoms with E-state index in [1.807, 2.05) is 0 Å². The van der Waals surface area contributed by atoms with E-state index in [1.54, 1.807) is 24.3 Å². The lowest BCUT2D eigenvalue weighted by atomic mass is 10.1. The molecule has 2 aromatic rings. The van der Waals surface area contributed by atoms with Crippen molar-refractivity contribution in [2.75, 3.05) is 13.1 Å². The van der Waals surface area contributed by atoms with Crippen LogP contribution in [0.1, 0.15) is 0 Å². The number of nitrogens with zero attached hydrogens (tertiary/aromatic N) is 3. The third-order valence-corrected chi connectivity index (χ3v) is 5.22. The maximum absolute atomic E-state index is 11.0. The van der Waals surface area contributed by atoms with E-state index in [2.05, 4.69) is 5.32 Å². The summed E-state index contributed by atoms with van der Waals surface area (Å²) in [6.45, 7) is 1.01. The van der Waals surface area contributed by atoms with Gasteiger partial charge >= 0.3 is 0 Å². The van der Waals surface area contributed by atoms with Crippen molar-refractivity contribution in [3.05, 3.63) is 68.8 Å². The van der Waals surface area contributed by atoms with Gasteiger partial charge in [-0.3, -0.25) is 25.5 Å². The van der Waals surface area contributed by atoms with Crippen molar-refractivity contribution in [1.29, 1.82) is 0 Å². The highest BCUT2D eigenvalue weighted by molar-refractivity contribution is 6.68. The zero-order valence-corrected chi connectivity index (χ0v) is 16.0. The van der Waals surface area contributed by atoms with Gasteiger partial charge in [0, 0.05) is 48.5 Å².